The van der Waals surface area contributed by atoms with Crippen molar-refractivity contribution in [2.24, 2.45) is 0 Å². The van der Waals surface area contributed by atoms with E-state index in [2.05, 4.69) is 5.32 Å². The molecule has 6 heteroatoms. The number of carbonyl (C=O) groups excluding carboxylic acids is 1. The Balaban J connectivity index is 1.86. The molecule has 2 aromatic rings. The van der Waals surface area contributed by atoms with Gasteiger partial charge in [0, 0.05) is 6.07 Å². The number of para-hydroxylation sites is 1. The first-order valence-electron chi connectivity index (χ1n) is 8.18. The number of carbonyl (C=O) groups is 1. The molecule has 0 bridgehead atoms. The number of rotatable bonds is 5. The molecule has 0 unspecified atom stereocenters. The van der Waals surface area contributed by atoms with Crippen LogP contribution in [-0.4, -0.2) is 19.1 Å². The third-order valence-corrected chi connectivity index (χ3v) is 4.22. The standard InChI is InChI=1S/C19H19F2NO3/c1-24-17-11-15(21)13(10-18(17)25-12-6-2-3-7-12)19(23)22-16-9-5-4-8-14(16)20/h4-5,8-12H,2-3,6-7H2,1H3,(H,22,23). The largest absolute Gasteiger partial charge is 0.493 e. The van der Waals surface area contributed by atoms with Gasteiger partial charge in [0.15, 0.2) is 11.5 Å². The first-order chi connectivity index (χ1) is 12.1. The van der Waals surface area contributed by atoms with Gasteiger partial charge < -0.3 is 14.8 Å². The van der Waals surface area contributed by atoms with Crippen molar-refractivity contribution in [3.05, 3.63) is 53.6 Å². The van der Waals surface area contributed by atoms with E-state index in [4.69, 9.17) is 9.47 Å². The monoisotopic (exact) mass is 347 g/mol. The van der Waals surface area contributed by atoms with E-state index in [1.54, 1.807) is 6.07 Å². The lowest BCUT2D eigenvalue weighted by Gasteiger charge is -2.17. The molecule has 0 aromatic heterocycles. The van der Waals surface area contributed by atoms with Gasteiger partial charge in [0.1, 0.15) is 11.6 Å². The number of benzene rings is 2. The van der Waals surface area contributed by atoms with Crippen LogP contribution in [-0.2, 0) is 0 Å². The Hall–Kier alpha value is -2.63. The van der Waals surface area contributed by atoms with Crippen molar-refractivity contribution < 1.29 is 23.0 Å². The van der Waals surface area contributed by atoms with E-state index in [1.165, 1.54) is 31.4 Å². The summed E-state index contributed by atoms with van der Waals surface area (Å²) in [6.07, 6.45) is 4.01. The van der Waals surface area contributed by atoms with Crippen molar-refractivity contribution in [1.29, 1.82) is 0 Å². The molecule has 2 aromatic carbocycles. The Kier molecular flexibility index (Phi) is 5.16. The van der Waals surface area contributed by atoms with Crippen LogP contribution in [0.15, 0.2) is 36.4 Å². The summed E-state index contributed by atoms with van der Waals surface area (Å²) in [6.45, 7) is 0. The second-order valence-electron chi connectivity index (χ2n) is 5.94. The van der Waals surface area contributed by atoms with Crippen LogP contribution in [0.25, 0.3) is 0 Å². The summed E-state index contributed by atoms with van der Waals surface area (Å²) in [5.74, 6) is -1.56. The average Bonchev–Trinajstić information content (AvgIpc) is 3.11. The molecule has 4 nitrogen and oxygen atoms in total. The molecule has 1 aliphatic carbocycles. The molecule has 0 heterocycles. The van der Waals surface area contributed by atoms with Crippen molar-refractivity contribution in [1.82, 2.24) is 0 Å². The maximum absolute atomic E-state index is 14.3. The van der Waals surface area contributed by atoms with Crippen LogP contribution in [0.2, 0.25) is 0 Å². The molecular weight excluding hydrogens is 328 g/mol. The van der Waals surface area contributed by atoms with Crippen LogP contribution in [0.3, 0.4) is 0 Å². The maximum Gasteiger partial charge on any atom is 0.258 e. The van der Waals surface area contributed by atoms with Crippen molar-refractivity contribution in [2.45, 2.75) is 31.8 Å². The third-order valence-electron chi connectivity index (χ3n) is 4.22. The molecule has 0 radical (unpaired) electrons. The number of amides is 1. The van der Waals surface area contributed by atoms with Crippen LogP contribution in [0.1, 0.15) is 36.0 Å². The van der Waals surface area contributed by atoms with Gasteiger partial charge in [-0.3, -0.25) is 4.79 Å². The lowest BCUT2D eigenvalue weighted by atomic mass is 10.1. The van der Waals surface area contributed by atoms with E-state index >= 15 is 0 Å². The van der Waals surface area contributed by atoms with Crippen LogP contribution < -0.4 is 14.8 Å². The van der Waals surface area contributed by atoms with Gasteiger partial charge in [-0.15, -0.1) is 0 Å². The highest BCUT2D eigenvalue weighted by molar-refractivity contribution is 6.05. The summed E-state index contributed by atoms with van der Waals surface area (Å²) in [6, 6.07) is 8.13. The Labute approximate surface area is 144 Å². The third kappa shape index (κ3) is 3.90. The predicted molar refractivity (Wildman–Crippen MR) is 90.2 cm³/mol. The molecule has 0 aliphatic heterocycles. The SMILES string of the molecule is COc1cc(F)c(C(=O)Nc2ccccc2F)cc1OC1CCCC1. The summed E-state index contributed by atoms with van der Waals surface area (Å²) in [7, 11) is 1.41. The zero-order valence-electron chi connectivity index (χ0n) is 13.9. The van der Waals surface area contributed by atoms with Crippen molar-refractivity contribution in [2.75, 3.05) is 12.4 Å². The Bertz CT molecular complexity index is 773. The first kappa shape index (κ1) is 17.2. The van der Waals surface area contributed by atoms with Gasteiger partial charge >= 0.3 is 0 Å². The molecule has 0 spiro atoms. The van der Waals surface area contributed by atoms with E-state index < -0.39 is 17.5 Å². The average molecular weight is 347 g/mol. The minimum absolute atomic E-state index is 0.0130. The van der Waals surface area contributed by atoms with E-state index in [0.717, 1.165) is 31.7 Å². The van der Waals surface area contributed by atoms with Gasteiger partial charge in [0.25, 0.3) is 5.91 Å². The summed E-state index contributed by atoms with van der Waals surface area (Å²) in [5, 5.41) is 2.38. The number of anilines is 1. The summed E-state index contributed by atoms with van der Waals surface area (Å²) >= 11 is 0. The summed E-state index contributed by atoms with van der Waals surface area (Å²) < 4.78 is 39.0. The number of nitrogens with one attached hydrogen (secondary N) is 1. The van der Waals surface area contributed by atoms with Crippen LogP contribution >= 0.6 is 0 Å². The highest BCUT2D eigenvalue weighted by Crippen LogP contribution is 2.34. The van der Waals surface area contributed by atoms with Gasteiger partial charge in [-0.05, 0) is 43.9 Å². The van der Waals surface area contributed by atoms with Crippen LogP contribution in [0.5, 0.6) is 11.5 Å². The Morgan fingerprint density at radius 1 is 1.08 bits per heavy atom. The Morgan fingerprint density at radius 3 is 2.48 bits per heavy atom. The Morgan fingerprint density at radius 2 is 1.80 bits per heavy atom. The van der Waals surface area contributed by atoms with E-state index in [1.807, 2.05) is 0 Å². The molecule has 1 fully saturated rings. The molecule has 1 N–H and O–H groups in total. The highest BCUT2D eigenvalue weighted by Gasteiger charge is 2.22. The second kappa shape index (κ2) is 7.51. The van der Waals surface area contributed by atoms with Gasteiger partial charge in [0.05, 0.1) is 24.5 Å². The van der Waals surface area contributed by atoms with Gasteiger partial charge in [-0.25, -0.2) is 8.78 Å². The van der Waals surface area contributed by atoms with Crippen molar-refractivity contribution >= 4 is 11.6 Å². The van der Waals surface area contributed by atoms with Crippen molar-refractivity contribution in [3.63, 3.8) is 0 Å². The molecule has 1 saturated carbocycles. The number of methoxy groups -OCH3 is 1. The summed E-state index contributed by atoms with van der Waals surface area (Å²) in [5.41, 5.74) is -0.238. The lowest BCUT2D eigenvalue weighted by molar-refractivity contribution is 0.102. The fourth-order valence-electron chi connectivity index (χ4n) is 2.90. The van der Waals surface area contributed by atoms with Crippen molar-refractivity contribution in [3.8, 4) is 11.5 Å². The molecule has 132 valence electrons. The van der Waals surface area contributed by atoms with E-state index in [-0.39, 0.29) is 23.1 Å². The number of ether oxygens (including phenoxy) is 2. The molecule has 0 saturated heterocycles. The zero-order chi connectivity index (χ0) is 17.8. The molecule has 25 heavy (non-hydrogen) atoms. The van der Waals surface area contributed by atoms with Crippen LogP contribution in [0.4, 0.5) is 14.5 Å². The lowest BCUT2D eigenvalue weighted by Crippen LogP contribution is -2.17. The zero-order valence-corrected chi connectivity index (χ0v) is 13.9. The quantitative estimate of drug-likeness (QED) is 0.863. The molecule has 1 aliphatic rings. The van der Waals surface area contributed by atoms with Crippen LogP contribution in [0, 0.1) is 11.6 Å². The molecule has 1 amide bonds. The highest BCUT2D eigenvalue weighted by atomic mass is 19.1. The van der Waals surface area contributed by atoms with Gasteiger partial charge in [0.2, 0.25) is 0 Å². The number of halogens is 2. The van der Waals surface area contributed by atoms with E-state index in [0.29, 0.717) is 5.75 Å². The predicted octanol–water partition coefficient (Wildman–Crippen LogP) is 4.55. The van der Waals surface area contributed by atoms with E-state index in [9.17, 15) is 13.6 Å². The number of hydrogen-bond acceptors (Lipinski definition) is 3. The fraction of sp³-hybridized carbons (Fsp3) is 0.316. The minimum Gasteiger partial charge on any atom is -0.493 e. The molecular formula is C19H19F2NO3. The first-order valence-corrected chi connectivity index (χ1v) is 8.18. The fourth-order valence-corrected chi connectivity index (χ4v) is 2.90. The normalized spacial score (nSPS) is 14.4. The smallest absolute Gasteiger partial charge is 0.258 e. The maximum atomic E-state index is 14.3. The number of hydrogen-bond donors (Lipinski definition) is 1. The minimum atomic E-state index is -0.760. The summed E-state index contributed by atoms with van der Waals surface area (Å²) in [4.78, 5) is 12.4. The van der Waals surface area contributed by atoms with Gasteiger partial charge in [-0.2, -0.15) is 0 Å². The van der Waals surface area contributed by atoms with Gasteiger partial charge in [-0.1, -0.05) is 12.1 Å². The molecule has 0 atom stereocenters. The molecule has 3 rings (SSSR count). The topological polar surface area (TPSA) is 47.6 Å². The second-order valence-corrected chi connectivity index (χ2v) is 5.94.